The molecular weight excluding hydrogens is 152 g/mol. The van der Waals surface area contributed by atoms with Gasteiger partial charge in [0.25, 0.3) is 0 Å². The van der Waals surface area contributed by atoms with E-state index in [0.29, 0.717) is 13.2 Å². The normalized spacial score (nSPS) is 29.7. The molecular formula is C10H16O2. The molecule has 0 aromatic rings. The molecule has 2 aliphatic rings. The molecule has 0 unspecified atom stereocenters. The second-order valence-corrected chi connectivity index (χ2v) is 4.61. The third kappa shape index (κ3) is 0.661. The highest BCUT2D eigenvalue weighted by Gasteiger charge is 2.58. The van der Waals surface area contributed by atoms with Gasteiger partial charge in [-0.1, -0.05) is 27.7 Å². The molecule has 2 nitrogen and oxygen atoms in total. The van der Waals surface area contributed by atoms with Gasteiger partial charge in [-0.3, -0.25) is 0 Å². The Bertz CT molecular complexity index is 223. The highest BCUT2D eigenvalue weighted by Crippen LogP contribution is 2.61. The van der Waals surface area contributed by atoms with Gasteiger partial charge in [0.2, 0.25) is 0 Å². The minimum Gasteiger partial charge on any atom is -0.490 e. The van der Waals surface area contributed by atoms with Gasteiger partial charge in [0.15, 0.2) is 0 Å². The van der Waals surface area contributed by atoms with Crippen molar-refractivity contribution in [2.45, 2.75) is 27.7 Å². The van der Waals surface area contributed by atoms with E-state index in [1.54, 1.807) is 0 Å². The zero-order valence-electron chi connectivity index (χ0n) is 8.23. The summed E-state index contributed by atoms with van der Waals surface area (Å²) in [6.07, 6.45) is 0. The van der Waals surface area contributed by atoms with Gasteiger partial charge in [0.05, 0.1) is 0 Å². The molecule has 0 aromatic heterocycles. The zero-order valence-corrected chi connectivity index (χ0v) is 8.23. The van der Waals surface area contributed by atoms with Gasteiger partial charge >= 0.3 is 0 Å². The Morgan fingerprint density at radius 1 is 0.833 bits per heavy atom. The number of hydrogen-bond donors (Lipinski definition) is 0. The monoisotopic (exact) mass is 168 g/mol. The van der Waals surface area contributed by atoms with Gasteiger partial charge in [0, 0.05) is 10.8 Å². The van der Waals surface area contributed by atoms with E-state index in [9.17, 15) is 0 Å². The standard InChI is InChI=1S/C10H16O2/c1-9(2)7-8(10(9,3)4)12-6-5-11-7/h5-6H2,1-4H3. The summed E-state index contributed by atoms with van der Waals surface area (Å²) in [5.74, 6) is 2.14. The van der Waals surface area contributed by atoms with Crippen LogP contribution in [0.15, 0.2) is 11.5 Å². The average molecular weight is 168 g/mol. The summed E-state index contributed by atoms with van der Waals surface area (Å²) in [6, 6.07) is 0. The number of ether oxygens (including phenoxy) is 2. The van der Waals surface area contributed by atoms with Crippen molar-refractivity contribution in [2.24, 2.45) is 10.8 Å². The van der Waals surface area contributed by atoms with Gasteiger partial charge in [-0.05, 0) is 0 Å². The van der Waals surface area contributed by atoms with Crippen molar-refractivity contribution in [3.8, 4) is 0 Å². The first kappa shape index (κ1) is 7.96. The maximum absolute atomic E-state index is 5.58. The van der Waals surface area contributed by atoms with Crippen LogP contribution in [0.5, 0.6) is 0 Å². The number of rotatable bonds is 0. The maximum atomic E-state index is 5.58. The Morgan fingerprint density at radius 3 is 1.50 bits per heavy atom. The van der Waals surface area contributed by atoms with Crippen LogP contribution in [0.25, 0.3) is 0 Å². The number of hydrogen-bond acceptors (Lipinski definition) is 2. The molecule has 0 N–H and O–H groups in total. The quantitative estimate of drug-likeness (QED) is 0.552. The first-order valence-corrected chi connectivity index (χ1v) is 4.49. The lowest BCUT2D eigenvalue weighted by atomic mass is 9.56. The van der Waals surface area contributed by atoms with E-state index in [4.69, 9.17) is 9.47 Å². The summed E-state index contributed by atoms with van der Waals surface area (Å²) in [6.45, 7) is 10.2. The topological polar surface area (TPSA) is 18.5 Å². The van der Waals surface area contributed by atoms with Gasteiger partial charge in [0.1, 0.15) is 24.7 Å². The van der Waals surface area contributed by atoms with Crippen molar-refractivity contribution in [1.82, 2.24) is 0 Å². The van der Waals surface area contributed by atoms with Crippen molar-refractivity contribution in [2.75, 3.05) is 13.2 Å². The lowest BCUT2D eigenvalue weighted by molar-refractivity contribution is -0.0911. The van der Waals surface area contributed by atoms with Crippen molar-refractivity contribution in [3.05, 3.63) is 11.5 Å². The third-order valence-electron chi connectivity index (χ3n) is 3.48. The van der Waals surface area contributed by atoms with Crippen LogP contribution in [0, 0.1) is 10.8 Å². The van der Waals surface area contributed by atoms with Crippen LogP contribution in [0.2, 0.25) is 0 Å². The van der Waals surface area contributed by atoms with Crippen molar-refractivity contribution in [1.29, 1.82) is 0 Å². The molecule has 0 amide bonds. The smallest absolute Gasteiger partial charge is 0.141 e. The summed E-state index contributed by atoms with van der Waals surface area (Å²) >= 11 is 0. The fourth-order valence-electron chi connectivity index (χ4n) is 1.85. The molecule has 0 saturated heterocycles. The molecule has 0 radical (unpaired) electrons. The van der Waals surface area contributed by atoms with Crippen LogP contribution in [-0.2, 0) is 9.47 Å². The van der Waals surface area contributed by atoms with Crippen LogP contribution in [0.4, 0.5) is 0 Å². The fourth-order valence-corrected chi connectivity index (χ4v) is 1.85. The largest absolute Gasteiger partial charge is 0.490 e. The van der Waals surface area contributed by atoms with E-state index in [2.05, 4.69) is 27.7 Å². The van der Waals surface area contributed by atoms with Crippen LogP contribution >= 0.6 is 0 Å². The van der Waals surface area contributed by atoms with E-state index >= 15 is 0 Å². The second-order valence-electron chi connectivity index (χ2n) is 4.61. The molecule has 0 saturated carbocycles. The molecule has 2 heteroatoms. The van der Waals surface area contributed by atoms with E-state index < -0.39 is 0 Å². The van der Waals surface area contributed by atoms with Gasteiger partial charge in [-0.15, -0.1) is 0 Å². The van der Waals surface area contributed by atoms with Crippen LogP contribution in [-0.4, -0.2) is 13.2 Å². The SMILES string of the molecule is CC1(C)C2=C(OCCO2)C1(C)C. The molecule has 0 fully saturated rings. The molecule has 0 bridgehead atoms. The lowest BCUT2D eigenvalue weighted by Gasteiger charge is -2.54. The first-order valence-electron chi connectivity index (χ1n) is 4.49. The first-order chi connectivity index (χ1) is 5.48. The minimum atomic E-state index is 0.142. The lowest BCUT2D eigenvalue weighted by Crippen LogP contribution is -2.50. The second kappa shape index (κ2) is 1.98. The predicted molar refractivity (Wildman–Crippen MR) is 46.5 cm³/mol. The van der Waals surface area contributed by atoms with Crippen LogP contribution in [0.3, 0.4) is 0 Å². The minimum absolute atomic E-state index is 0.142. The Kier molecular flexibility index (Phi) is 1.31. The Hall–Kier alpha value is -0.660. The summed E-state index contributed by atoms with van der Waals surface area (Å²) in [7, 11) is 0. The molecule has 68 valence electrons. The van der Waals surface area contributed by atoms with Gasteiger partial charge < -0.3 is 9.47 Å². The van der Waals surface area contributed by atoms with Crippen molar-refractivity contribution < 1.29 is 9.47 Å². The molecule has 0 atom stereocenters. The Morgan fingerprint density at radius 2 is 1.17 bits per heavy atom. The van der Waals surface area contributed by atoms with Gasteiger partial charge in [-0.2, -0.15) is 0 Å². The fraction of sp³-hybridized carbons (Fsp3) is 0.800. The van der Waals surface area contributed by atoms with Gasteiger partial charge in [-0.25, -0.2) is 0 Å². The van der Waals surface area contributed by atoms with E-state index in [1.165, 1.54) is 0 Å². The summed E-state index contributed by atoms with van der Waals surface area (Å²) in [5.41, 5.74) is 0.283. The Balaban J connectivity index is 2.40. The molecule has 0 spiro atoms. The zero-order chi connectivity index (χ0) is 8.98. The van der Waals surface area contributed by atoms with Crippen molar-refractivity contribution >= 4 is 0 Å². The average Bonchev–Trinajstić information content (AvgIpc) is 2.04. The molecule has 1 aliphatic carbocycles. The van der Waals surface area contributed by atoms with E-state index in [1.807, 2.05) is 0 Å². The highest BCUT2D eigenvalue weighted by molar-refractivity contribution is 5.34. The van der Waals surface area contributed by atoms with Crippen molar-refractivity contribution in [3.63, 3.8) is 0 Å². The molecule has 1 aliphatic heterocycles. The van der Waals surface area contributed by atoms with E-state index in [-0.39, 0.29) is 10.8 Å². The molecule has 1 heterocycles. The van der Waals surface area contributed by atoms with Crippen LogP contribution in [0.1, 0.15) is 27.7 Å². The molecule has 12 heavy (non-hydrogen) atoms. The van der Waals surface area contributed by atoms with E-state index in [0.717, 1.165) is 11.5 Å². The third-order valence-corrected chi connectivity index (χ3v) is 3.48. The molecule has 0 aromatic carbocycles. The highest BCUT2D eigenvalue weighted by atomic mass is 16.6. The number of allylic oxidation sites excluding steroid dienone is 2. The predicted octanol–water partition coefficient (Wildman–Crippen LogP) is 2.31. The van der Waals surface area contributed by atoms with Crippen LogP contribution < -0.4 is 0 Å². The summed E-state index contributed by atoms with van der Waals surface area (Å²) in [5, 5.41) is 0. The summed E-state index contributed by atoms with van der Waals surface area (Å²) in [4.78, 5) is 0. The maximum Gasteiger partial charge on any atom is 0.141 e. The molecule has 2 rings (SSSR count). The Labute approximate surface area is 73.5 Å². The summed E-state index contributed by atoms with van der Waals surface area (Å²) < 4.78 is 11.2.